The lowest BCUT2D eigenvalue weighted by molar-refractivity contribution is -0.136. The summed E-state index contributed by atoms with van der Waals surface area (Å²) < 4.78 is 0. The summed E-state index contributed by atoms with van der Waals surface area (Å²) in [6.07, 6.45) is -0.0283. The number of rotatable bonds is 3. The molecule has 1 aliphatic rings. The van der Waals surface area contributed by atoms with Crippen molar-refractivity contribution in [3.63, 3.8) is 0 Å². The van der Waals surface area contributed by atoms with Crippen molar-refractivity contribution in [2.24, 2.45) is 0 Å². The SMILES string of the molecule is CN1CCN(C(=O)NCCC(=O)O)CC1. The Morgan fingerprint density at radius 2 is 1.87 bits per heavy atom. The molecule has 0 spiro atoms. The van der Waals surface area contributed by atoms with Gasteiger partial charge in [-0.25, -0.2) is 4.79 Å². The molecule has 0 bridgehead atoms. The van der Waals surface area contributed by atoms with E-state index in [0.717, 1.165) is 13.1 Å². The summed E-state index contributed by atoms with van der Waals surface area (Å²) in [4.78, 5) is 25.6. The van der Waals surface area contributed by atoms with Gasteiger partial charge in [0.25, 0.3) is 0 Å². The van der Waals surface area contributed by atoms with E-state index in [2.05, 4.69) is 10.2 Å². The summed E-state index contributed by atoms with van der Waals surface area (Å²) in [6, 6.07) is -0.163. The van der Waals surface area contributed by atoms with Gasteiger partial charge in [-0.2, -0.15) is 0 Å². The molecule has 6 nitrogen and oxygen atoms in total. The minimum Gasteiger partial charge on any atom is -0.481 e. The monoisotopic (exact) mass is 215 g/mol. The molecule has 0 aromatic rings. The normalized spacial score (nSPS) is 17.5. The van der Waals surface area contributed by atoms with Crippen LogP contribution in [0.2, 0.25) is 0 Å². The Bertz CT molecular complexity index is 237. The van der Waals surface area contributed by atoms with E-state index in [1.165, 1.54) is 0 Å². The number of amides is 2. The molecule has 1 aliphatic heterocycles. The van der Waals surface area contributed by atoms with Gasteiger partial charge in [0, 0.05) is 32.7 Å². The zero-order valence-electron chi connectivity index (χ0n) is 8.90. The van der Waals surface area contributed by atoms with E-state index >= 15 is 0 Å². The zero-order chi connectivity index (χ0) is 11.3. The number of nitrogens with one attached hydrogen (secondary N) is 1. The van der Waals surface area contributed by atoms with Gasteiger partial charge >= 0.3 is 12.0 Å². The molecule has 0 aromatic heterocycles. The molecule has 15 heavy (non-hydrogen) atoms. The molecule has 1 saturated heterocycles. The maximum Gasteiger partial charge on any atom is 0.317 e. The van der Waals surface area contributed by atoms with Gasteiger partial charge in [-0.15, -0.1) is 0 Å². The van der Waals surface area contributed by atoms with E-state index in [1.807, 2.05) is 7.05 Å². The highest BCUT2D eigenvalue weighted by Crippen LogP contribution is 1.98. The number of carbonyl (C=O) groups is 2. The van der Waals surface area contributed by atoms with Crippen LogP contribution in [0, 0.1) is 0 Å². The lowest BCUT2D eigenvalue weighted by Gasteiger charge is -2.32. The fraction of sp³-hybridized carbons (Fsp3) is 0.778. The molecule has 1 fully saturated rings. The van der Waals surface area contributed by atoms with Crippen molar-refractivity contribution in [1.29, 1.82) is 0 Å². The Balaban J connectivity index is 2.19. The predicted octanol–water partition coefficient (Wildman–Crippen LogP) is -0.582. The number of carboxylic acids is 1. The maximum absolute atomic E-state index is 11.5. The van der Waals surface area contributed by atoms with Crippen molar-refractivity contribution in [3.05, 3.63) is 0 Å². The number of likely N-dealkylation sites (N-methyl/N-ethyl adjacent to an activating group) is 1. The molecular weight excluding hydrogens is 198 g/mol. The first-order valence-corrected chi connectivity index (χ1v) is 5.02. The third-order valence-corrected chi connectivity index (χ3v) is 2.41. The first-order valence-electron chi connectivity index (χ1n) is 5.02. The lowest BCUT2D eigenvalue weighted by Crippen LogP contribution is -2.50. The largest absolute Gasteiger partial charge is 0.481 e. The van der Waals surface area contributed by atoms with Gasteiger partial charge in [0.2, 0.25) is 0 Å². The van der Waals surface area contributed by atoms with Crippen LogP contribution in [0.4, 0.5) is 4.79 Å². The van der Waals surface area contributed by atoms with Crippen molar-refractivity contribution in [1.82, 2.24) is 15.1 Å². The minimum absolute atomic E-state index is 0.0283. The first kappa shape index (κ1) is 11.8. The van der Waals surface area contributed by atoms with Gasteiger partial charge in [-0.1, -0.05) is 0 Å². The predicted molar refractivity (Wildman–Crippen MR) is 54.7 cm³/mol. The molecule has 86 valence electrons. The van der Waals surface area contributed by atoms with Crippen LogP contribution in [0.1, 0.15) is 6.42 Å². The van der Waals surface area contributed by atoms with Crippen LogP contribution < -0.4 is 5.32 Å². The molecule has 2 amide bonds. The van der Waals surface area contributed by atoms with E-state index in [9.17, 15) is 9.59 Å². The fourth-order valence-electron chi connectivity index (χ4n) is 1.40. The van der Waals surface area contributed by atoms with E-state index in [1.54, 1.807) is 4.90 Å². The first-order chi connectivity index (χ1) is 7.09. The van der Waals surface area contributed by atoms with E-state index in [-0.39, 0.29) is 19.0 Å². The summed E-state index contributed by atoms with van der Waals surface area (Å²) >= 11 is 0. The molecule has 0 atom stereocenters. The second kappa shape index (κ2) is 5.55. The molecule has 1 heterocycles. The van der Waals surface area contributed by atoms with E-state index < -0.39 is 5.97 Å². The molecule has 0 saturated carbocycles. The highest BCUT2D eigenvalue weighted by Gasteiger charge is 2.18. The summed E-state index contributed by atoms with van der Waals surface area (Å²) in [6.45, 7) is 3.34. The topological polar surface area (TPSA) is 72.9 Å². The number of carbonyl (C=O) groups excluding carboxylic acids is 1. The maximum atomic E-state index is 11.5. The smallest absolute Gasteiger partial charge is 0.317 e. The van der Waals surface area contributed by atoms with Crippen molar-refractivity contribution in [2.45, 2.75) is 6.42 Å². The minimum atomic E-state index is -0.895. The molecule has 2 N–H and O–H groups in total. The van der Waals surface area contributed by atoms with Crippen LogP contribution in [0.25, 0.3) is 0 Å². The van der Waals surface area contributed by atoms with E-state index in [4.69, 9.17) is 5.11 Å². The Kier molecular flexibility index (Phi) is 4.36. The average Bonchev–Trinajstić information content (AvgIpc) is 2.18. The van der Waals surface area contributed by atoms with Crippen molar-refractivity contribution in [2.75, 3.05) is 39.8 Å². The number of hydrogen-bond donors (Lipinski definition) is 2. The lowest BCUT2D eigenvalue weighted by atomic mass is 10.3. The van der Waals surface area contributed by atoms with Crippen LogP contribution in [-0.4, -0.2) is 66.7 Å². The molecule has 0 unspecified atom stereocenters. The number of aliphatic carboxylic acids is 1. The quantitative estimate of drug-likeness (QED) is 0.660. The molecule has 1 rings (SSSR count). The zero-order valence-corrected chi connectivity index (χ0v) is 8.90. The summed E-state index contributed by atoms with van der Waals surface area (Å²) in [7, 11) is 2.01. The van der Waals surface area contributed by atoms with Gasteiger partial charge in [-0.05, 0) is 7.05 Å². The number of urea groups is 1. The summed E-state index contributed by atoms with van der Waals surface area (Å²) in [5.74, 6) is -0.895. The van der Waals surface area contributed by atoms with Crippen molar-refractivity contribution in [3.8, 4) is 0 Å². The standard InChI is InChI=1S/C9H17N3O3/c1-11-4-6-12(7-5-11)9(15)10-3-2-8(13)14/h2-7H2,1H3,(H,10,15)(H,13,14). The Labute approximate surface area is 88.8 Å². The summed E-state index contributed by atoms with van der Waals surface area (Å²) in [5, 5.41) is 11.0. The van der Waals surface area contributed by atoms with Crippen LogP contribution in [0.3, 0.4) is 0 Å². The summed E-state index contributed by atoms with van der Waals surface area (Å²) in [5.41, 5.74) is 0. The third-order valence-electron chi connectivity index (χ3n) is 2.41. The van der Waals surface area contributed by atoms with Gasteiger partial charge < -0.3 is 20.2 Å². The second-order valence-corrected chi connectivity index (χ2v) is 3.67. The molecule has 0 radical (unpaired) electrons. The van der Waals surface area contributed by atoms with Crippen molar-refractivity contribution < 1.29 is 14.7 Å². The average molecular weight is 215 g/mol. The number of piperazine rings is 1. The fourth-order valence-corrected chi connectivity index (χ4v) is 1.40. The van der Waals surface area contributed by atoms with Gasteiger partial charge in [0.05, 0.1) is 6.42 Å². The highest BCUT2D eigenvalue weighted by atomic mass is 16.4. The van der Waals surface area contributed by atoms with Crippen LogP contribution in [-0.2, 0) is 4.79 Å². The van der Waals surface area contributed by atoms with Gasteiger partial charge in [-0.3, -0.25) is 4.79 Å². The molecule has 0 aromatic carbocycles. The number of carboxylic acid groups (broad SMARTS) is 1. The molecular formula is C9H17N3O3. The van der Waals surface area contributed by atoms with Crippen molar-refractivity contribution >= 4 is 12.0 Å². The Hall–Kier alpha value is -1.30. The van der Waals surface area contributed by atoms with Crippen LogP contribution >= 0.6 is 0 Å². The van der Waals surface area contributed by atoms with Crippen LogP contribution in [0.5, 0.6) is 0 Å². The number of nitrogens with zero attached hydrogens (tertiary/aromatic N) is 2. The van der Waals surface area contributed by atoms with Crippen LogP contribution in [0.15, 0.2) is 0 Å². The van der Waals surface area contributed by atoms with Gasteiger partial charge in [0.15, 0.2) is 0 Å². The van der Waals surface area contributed by atoms with E-state index in [0.29, 0.717) is 13.1 Å². The Morgan fingerprint density at radius 3 is 2.40 bits per heavy atom. The second-order valence-electron chi connectivity index (χ2n) is 3.67. The van der Waals surface area contributed by atoms with Gasteiger partial charge in [0.1, 0.15) is 0 Å². The highest BCUT2D eigenvalue weighted by molar-refractivity contribution is 5.75. The number of hydrogen-bond acceptors (Lipinski definition) is 3. The molecule has 0 aliphatic carbocycles. The Morgan fingerprint density at radius 1 is 1.27 bits per heavy atom. The molecule has 6 heteroatoms. The third kappa shape index (κ3) is 4.16.